The summed E-state index contributed by atoms with van der Waals surface area (Å²) in [6.07, 6.45) is 1.45. The number of rotatable bonds is 8. The van der Waals surface area contributed by atoms with Gasteiger partial charge in [0.25, 0.3) is 0 Å². The van der Waals surface area contributed by atoms with E-state index in [4.69, 9.17) is 9.15 Å². The van der Waals surface area contributed by atoms with Crippen molar-refractivity contribution in [2.24, 2.45) is 7.05 Å². The first-order valence-corrected chi connectivity index (χ1v) is 11.4. The zero-order valence-corrected chi connectivity index (χ0v) is 19.5. The van der Waals surface area contributed by atoms with Crippen LogP contribution in [0.5, 0.6) is 0 Å². The number of hydrogen-bond acceptors (Lipinski definition) is 6. The molecule has 0 saturated heterocycles. The largest absolute Gasteiger partial charge is 0.468 e. The number of furan rings is 1. The van der Waals surface area contributed by atoms with E-state index in [2.05, 4.69) is 0 Å². The van der Waals surface area contributed by atoms with Gasteiger partial charge in [0, 0.05) is 18.3 Å². The summed E-state index contributed by atoms with van der Waals surface area (Å²) in [7, 11) is -1.09. The van der Waals surface area contributed by atoms with E-state index in [1.165, 1.54) is 32.4 Å². The predicted octanol–water partition coefficient (Wildman–Crippen LogP) is 3.48. The Morgan fingerprint density at radius 1 is 1.12 bits per heavy atom. The molecule has 0 spiro atoms. The lowest BCUT2D eigenvalue weighted by Gasteiger charge is -2.27. The van der Waals surface area contributed by atoms with Crippen LogP contribution >= 0.6 is 0 Å². The molecule has 9 heteroatoms. The van der Waals surface area contributed by atoms with Gasteiger partial charge in [0.15, 0.2) is 5.78 Å². The third kappa shape index (κ3) is 4.13. The zero-order valence-electron chi connectivity index (χ0n) is 18.7. The van der Waals surface area contributed by atoms with Gasteiger partial charge in [-0.25, -0.2) is 13.2 Å². The number of ether oxygens (including phenoxy) is 1. The van der Waals surface area contributed by atoms with Crippen LogP contribution in [0.1, 0.15) is 44.8 Å². The molecule has 2 heterocycles. The van der Waals surface area contributed by atoms with Crippen molar-refractivity contribution in [3.63, 3.8) is 0 Å². The average molecular weight is 459 g/mol. The van der Waals surface area contributed by atoms with Gasteiger partial charge in [-0.3, -0.25) is 4.79 Å². The van der Waals surface area contributed by atoms with Gasteiger partial charge < -0.3 is 13.7 Å². The number of ketones is 1. The standard InChI is InChI=1S/C23H26N2O6S/c1-15-20(16(2)24(4)21(15)23(27)30-5)22(26)17(3)25(14-18-10-9-13-31-18)32(28,29)19-11-7-6-8-12-19/h6-13,17H,14H2,1-5H3. The van der Waals surface area contributed by atoms with Gasteiger partial charge >= 0.3 is 5.97 Å². The van der Waals surface area contributed by atoms with Crippen LogP contribution in [0.4, 0.5) is 0 Å². The number of sulfonamides is 1. The minimum absolute atomic E-state index is 0.0722. The summed E-state index contributed by atoms with van der Waals surface area (Å²) in [6, 6.07) is 10.2. The van der Waals surface area contributed by atoms with E-state index >= 15 is 0 Å². The summed E-state index contributed by atoms with van der Waals surface area (Å²) in [6.45, 7) is 4.78. The van der Waals surface area contributed by atoms with E-state index in [0.717, 1.165) is 4.31 Å². The number of hydrogen-bond donors (Lipinski definition) is 0. The number of benzene rings is 1. The van der Waals surface area contributed by atoms with Crippen LogP contribution in [0.15, 0.2) is 58.0 Å². The molecule has 1 unspecified atom stereocenters. The molecule has 0 fully saturated rings. The molecular formula is C23H26N2O6S. The highest BCUT2D eigenvalue weighted by molar-refractivity contribution is 7.89. The Labute approximate surface area is 187 Å². The highest BCUT2D eigenvalue weighted by Crippen LogP contribution is 2.28. The quantitative estimate of drug-likeness (QED) is 0.379. The van der Waals surface area contributed by atoms with E-state index in [9.17, 15) is 18.0 Å². The summed E-state index contributed by atoms with van der Waals surface area (Å²) in [5.41, 5.74) is 1.55. The molecule has 1 aromatic carbocycles. The summed E-state index contributed by atoms with van der Waals surface area (Å²) in [4.78, 5) is 25.9. The second-order valence-corrected chi connectivity index (χ2v) is 9.36. The number of carbonyl (C=O) groups excluding carboxylic acids is 2. The van der Waals surface area contributed by atoms with Crippen molar-refractivity contribution in [2.75, 3.05) is 7.11 Å². The summed E-state index contributed by atoms with van der Waals surface area (Å²) in [5.74, 6) is -0.582. The van der Waals surface area contributed by atoms with Crippen molar-refractivity contribution in [2.45, 2.75) is 38.3 Å². The van der Waals surface area contributed by atoms with Gasteiger partial charge in [-0.05, 0) is 50.6 Å². The molecule has 2 aromatic heterocycles. The topological polar surface area (TPSA) is 98.8 Å². The Kier molecular flexibility index (Phi) is 6.71. The highest BCUT2D eigenvalue weighted by atomic mass is 32.2. The second-order valence-electron chi connectivity index (χ2n) is 7.47. The minimum atomic E-state index is -4.03. The van der Waals surface area contributed by atoms with Crippen molar-refractivity contribution < 1.29 is 27.2 Å². The maximum absolute atomic E-state index is 13.6. The zero-order chi connectivity index (χ0) is 23.6. The summed E-state index contributed by atoms with van der Waals surface area (Å²) in [5, 5.41) is 0. The number of nitrogens with zero attached hydrogens (tertiary/aromatic N) is 2. The van der Waals surface area contributed by atoms with Gasteiger partial charge in [-0.15, -0.1) is 0 Å². The van der Waals surface area contributed by atoms with Gasteiger partial charge in [-0.1, -0.05) is 18.2 Å². The SMILES string of the molecule is COC(=O)c1c(C)c(C(=O)C(C)N(Cc2ccco2)S(=O)(=O)c2ccccc2)c(C)n1C. The first kappa shape index (κ1) is 23.5. The van der Waals surface area contributed by atoms with Crippen LogP contribution in [0.25, 0.3) is 0 Å². The molecule has 1 atom stereocenters. The van der Waals surface area contributed by atoms with E-state index in [0.29, 0.717) is 22.6 Å². The van der Waals surface area contributed by atoms with Crippen molar-refractivity contribution in [1.82, 2.24) is 8.87 Å². The van der Waals surface area contributed by atoms with Gasteiger partial charge in [-0.2, -0.15) is 4.31 Å². The van der Waals surface area contributed by atoms with Crippen molar-refractivity contribution >= 4 is 21.8 Å². The lowest BCUT2D eigenvalue weighted by atomic mass is 10.0. The van der Waals surface area contributed by atoms with Crippen LogP contribution in [-0.2, 0) is 28.4 Å². The fourth-order valence-corrected chi connectivity index (χ4v) is 5.36. The monoisotopic (exact) mass is 458 g/mol. The number of esters is 1. The summed E-state index contributed by atoms with van der Waals surface area (Å²) >= 11 is 0. The van der Waals surface area contributed by atoms with Gasteiger partial charge in [0.1, 0.15) is 11.5 Å². The van der Waals surface area contributed by atoms with Gasteiger partial charge in [0.2, 0.25) is 10.0 Å². The molecule has 0 radical (unpaired) electrons. The van der Waals surface area contributed by atoms with Crippen molar-refractivity contribution in [3.8, 4) is 0 Å². The van der Waals surface area contributed by atoms with Crippen LogP contribution in [0.3, 0.4) is 0 Å². The molecular weight excluding hydrogens is 432 g/mol. The first-order chi connectivity index (χ1) is 15.1. The van der Waals surface area contributed by atoms with E-state index in [-0.39, 0.29) is 17.1 Å². The smallest absolute Gasteiger partial charge is 0.354 e. The Hall–Kier alpha value is -3.17. The van der Waals surface area contributed by atoms with E-state index in [1.807, 2.05) is 0 Å². The maximum Gasteiger partial charge on any atom is 0.354 e. The van der Waals surface area contributed by atoms with Crippen LogP contribution in [-0.4, -0.2) is 42.2 Å². The predicted molar refractivity (Wildman–Crippen MR) is 118 cm³/mol. The summed E-state index contributed by atoms with van der Waals surface area (Å²) < 4.78 is 39.9. The van der Waals surface area contributed by atoms with Crippen LogP contribution in [0, 0.1) is 13.8 Å². The average Bonchev–Trinajstić information content (AvgIpc) is 3.37. The molecule has 0 aliphatic heterocycles. The van der Waals surface area contributed by atoms with Crippen LogP contribution < -0.4 is 0 Å². The highest BCUT2D eigenvalue weighted by Gasteiger charge is 2.37. The second kappa shape index (κ2) is 9.13. The van der Waals surface area contributed by atoms with E-state index < -0.39 is 27.8 Å². The fraction of sp³-hybridized carbons (Fsp3) is 0.304. The number of methoxy groups -OCH3 is 1. The molecule has 0 bridgehead atoms. The van der Waals surface area contributed by atoms with Gasteiger partial charge in [0.05, 0.1) is 30.9 Å². The lowest BCUT2D eigenvalue weighted by Crippen LogP contribution is -2.43. The maximum atomic E-state index is 13.6. The molecule has 3 rings (SSSR count). The van der Waals surface area contributed by atoms with Crippen LogP contribution in [0.2, 0.25) is 0 Å². The molecule has 0 aliphatic carbocycles. The number of carbonyl (C=O) groups is 2. The lowest BCUT2D eigenvalue weighted by molar-refractivity contribution is 0.0588. The fourth-order valence-electron chi connectivity index (χ4n) is 3.78. The minimum Gasteiger partial charge on any atom is -0.468 e. The third-order valence-electron chi connectivity index (χ3n) is 5.61. The van der Waals surface area contributed by atoms with E-state index in [1.54, 1.807) is 55.8 Å². The van der Waals surface area contributed by atoms with Crippen molar-refractivity contribution in [1.29, 1.82) is 0 Å². The molecule has 170 valence electrons. The molecule has 32 heavy (non-hydrogen) atoms. The van der Waals surface area contributed by atoms with Crippen molar-refractivity contribution in [3.05, 3.63) is 77.0 Å². The first-order valence-electron chi connectivity index (χ1n) is 9.98. The number of Topliss-reactive ketones (excluding diaryl/α,β-unsaturated/α-hetero) is 1. The number of aromatic nitrogens is 1. The Morgan fingerprint density at radius 3 is 2.34 bits per heavy atom. The molecule has 0 aliphatic rings. The third-order valence-corrected chi connectivity index (χ3v) is 7.54. The Morgan fingerprint density at radius 2 is 1.78 bits per heavy atom. The Balaban J connectivity index is 2.09. The molecule has 0 N–H and O–H groups in total. The molecule has 0 saturated carbocycles. The molecule has 8 nitrogen and oxygen atoms in total. The normalized spacial score (nSPS) is 12.7. The molecule has 0 amide bonds. The molecule has 3 aromatic rings. The Bertz CT molecular complexity index is 1230.